The van der Waals surface area contributed by atoms with Gasteiger partial charge in [0.25, 0.3) is 0 Å². The molecule has 1 aromatic carbocycles. The van der Waals surface area contributed by atoms with Gasteiger partial charge in [0.2, 0.25) is 0 Å². The van der Waals surface area contributed by atoms with Crippen molar-refractivity contribution in [2.75, 3.05) is 11.9 Å². The lowest BCUT2D eigenvalue weighted by Gasteiger charge is -2.10. The van der Waals surface area contributed by atoms with Gasteiger partial charge in [0.1, 0.15) is 11.4 Å². The van der Waals surface area contributed by atoms with Gasteiger partial charge >= 0.3 is 6.09 Å². The topological polar surface area (TPSA) is 64.1 Å². The summed E-state index contributed by atoms with van der Waals surface area (Å²) in [6.45, 7) is 2.47. The first kappa shape index (κ1) is 18.6. The van der Waals surface area contributed by atoms with E-state index in [1.165, 1.54) is 0 Å². The normalized spacial score (nSPS) is 10.9. The molecule has 0 saturated carbocycles. The zero-order valence-electron chi connectivity index (χ0n) is 15.3. The van der Waals surface area contributed by atoms with E-state index in [1.54, 1.807) is 22.7 Å². The lowest BCUT2D eigenvalue weighted by molar-refractivity contribution is 0.160. The van der Waals surface area contributed by atoms with Crippen molar-refractivity contribution in [2.24, 2.45) is 0 Å². The highest BCUT2D eigenvalue weighted by atomic mass is 32.1. The third kappa shape index (κ3) is 4.05. The summed E-state index contributed by atoms with van der Waals surface area (Å²) in [5.41, 5.74) is 3.89. The van der Waals surface area contributed by atoms with Crippen molar-refractivity contribution < 1.29 is 9.53 Å². The molecule has 0 saturated heterocycles. The van der Waals surface area contributed by atoms with E-state index < -0.39 is 6.09 Å². The number of carbonyl (C=O) groups is 1. The van der Waals surface area contributed by atoms with Crippen LogP contribution in [-0.2, 0) is 4.74 Å². The molecular weight excluding hydrogens is 390 g/mol. The lowest BCUT2D eigenvalue weighted by atomic mass is 10.2. The van der Waals surface area contributed by atoms with Crippen LogP contribution in [0.15, 0.2) is 53.2 Å². The van der Waals surface area contributed by atoms with Gasteiger partial charge in [-0.2, -0.15) is 0 Å². The molecule has 0 atom stereocenters. The zero-order chi connectivity index (χ0) is 19.3. The fourth-order valence-corrected chi connectivity index (χ4v) is 4.20. The Morgan fingerprint density at radius 1 is 1.00 bits per heavy atom. The smallest absolute Gasteiger partial charge is 0.411 e. The fourth-order valence-electron chi connectivity index (χ4n) is 2.77. The van der Waals surface area contributed by atoms with Gasteiger partial charge in [0.15, 0.2) is 0 Å². The Bertz CT molecular complexity index is 1080. The highest BCUT2D eigenvalue weighted by Gasteiger charge is 2.15. The van der Waals surface area contributed by atoms with Gasteiger partial charge in [-0.3, -0.25) is 5.32 Å². The molecule has 0 bridgehead atoms. The van der Waals surface area contributed by atoms with E-state index in [0.29, 0.717) is 12.3 Å². The average Bonchev–Trinajstić information content (AvgIpc) is 3.41. The highest BCUT2D eigenvalue weighted by molar-refractivity contribution is 7.14. The third-order valence-electron chi connectivity index (χ3n) is 4.15. The second kappa shape index (κ2) is 8.50. The molecule has 1 N–H and O–H groups in total. The van der Waals surface area contributed by atoms with Crippen molar-refractivity contribution in [2.45, 2.75) is 19.8 Å². The number of fused-ring (bicyclic) bond motifs is 1. The van der Waals surface area contributed by atoms with Crippen LogP contribution in [0.5, 0.6) is 0 Å². The van der Waals surface area contributed by atoms with Crippen molar-refractivity contribution in [3.63, 3.8) is 0 Å². The van der Waals surface area contributed by atoms with Crippen LogP contribution in [0.2, 0.25) is 0 Å². The number of carbonyl (C=O) groups excluding carboxylic acids is 1. The van der Waals surface area contributed by atoms with Gasteiger partial charge < -0.3 is 4.74 Å². The monoisotopic (exact) mass is 409 g/mol. The van der Waals surface area contributed by atoms with Gasteiger partial charge in [0, 0.05) is 5.69 Å². The molecule has 0 aliphatic carbocycles. The first-order valence-electron chi connectivity index (χ1n) is 9.08. The molecule has 142 valence electrons. The van der Waals surface area contributed by atoms with Gasteiger partial charge in [-0.1, -0.05) is 25.5 Å². The minimum Gasteiger partial charge on any atom is -0.449 e. The van der Waals surface area contributed by atoms with Crippen molar-refractivity contribution in [3.8, 4) is 21.1 Å². The predicted molar refractivity (Wildman–Crippen MR) is 116 cm³/mol. The fraction of sp³-hybridized carbons (Fsp3) is 0.190. The summed E-state index contributed by atoms with van der Waals surface area (Å²) in [4.78, 5) is 23.8. The van der Waals surface area contributed by atoms with Crippen molar-refractivity contribution in [3.05, 3.63) is 53.2 Å². The van der Waals surface area contributed by atoms with E-state index in [9.17, 15) is 4.79 Å². The second-order valence-electron chi connectivity index (χ2n) is 6.19. The first-order chi connectivity index (χ1) is 13.7. The number of unbranched alkanes of at least 4 members (excludes halogenated alkanes) is 1. The zero-order valence-corrected chi connectivity index (χ0v) is 17.0. The molecule has 0 fully saturated rings. The van der Waals surface area contributed by atoms with E-state index in [2.05, 4.69) is 18.3 Å². The third-order valence-corrected chi connectivity index (χ3v) is 5.90. The predicted octanol–water partition coefficient (Wildman–Crippen LogP) is 6.44. The van der Waals surface area contributed by atoms with E-state index in [1.807, 2.05) is 47.2 Å². The minimum atomic E-state index is -0.450. The Labute approximate surface area is 171 Å². The molecule has 1 amide bonds. The standard InChI is InChI=1S/C21H19N3O2S2/c1-2-3-10-26-21(25)22-14-8-9-15-16(13-14)24-20(18-7-5-12-28-18)19(23-15)17-6-4-11-27-17/h4-9,11-13H,2-3,10H2,1H3,(H,22,25). The lowest BCUT2D eigenvalue weighted by Crippen LogP contribution is -2.14. The van der Waals surface area contributed by atoms with Crippen molar-refractivity contribution in [1.82, 2.24) is 9.97 Å². The maximum absolute atomic E-state index is 11.9. The van der Waals surface area contributed by atoms with Gasteiger partial charge in [-0.05, 0) is 47.5 Å². The largest absolute Gasteiger partial charge is 0.449 e. The number of aromatic nitrogens is 2. The minimum absolute atomic E-state index is 0.419. The average molecular weight is 410 g/mol. The summed E-state index contributed by atoms with van der Waals surface area (Å²) in [6.07, 6.45) is 1.39. The molecule has 0 spiro atoms. The van der Waals surface area contributed by atoms with Crippen LogP contribution in [-0.4, -0.2) is 22.7 Å². The Morgan fingerprint density at radius 2 is 1.68 bits per heavy atom. The first-order valence-corrected chi connectivity index (χ1v) is 10.8. The second-order valence-corrected chi connectivity index (χ2v) is 8.09. The van der Waals surface area contributed by atoms with Crippen LogP contribution in [0, 0.1) is 0 Å². The van der Waals surface area contributed by atoms with Crippen molar-refractivity contribution >= 4 is 45.5 Å². The van der Waals surface area contributed by atoms with Crippen LogP contribution < -0.4 is 5.32 Å². The van der Waals surface area contributed by atoms with Crippen LogP contribution >= 0.6 is 22.7 Å². The maximum atomic E-state index is 11.9. The summed E-state index contributed by atoms with van der Waals surface area (Å²) in [7, 11) is 0. The molecule has 0 aliphatic heterocycles. The van der Waals surface area contributed by atoms with Crippen LogP contribution in [0.1, 0.15) is 19.8 Å². The number of rotatable bonds is 6. The Kier molecular flexibility index (Phi) is 5.64. The number of thiophene rings is 2. The van der Waals surface area contributed by atoms with E-state index in [4.69, 9.17) is 14.7 Å². The van der Waals surface area contributed by atoms with Crippen molar-refractivity contribution in [1.29, 1.82) is 0 Å². The maximum Gasteiger partial charge on any atom is 0.411 e. The molecule has 5 nitrogen and oxygen atoms in total. The Hall–Kier alpha value is -2.77. The molecule has 4 rings (SSSR count). The Balaban J connectivity index is 1.69. The summed E-state index contributed by atoms with van der Waals surface area (Å²) in [5, 5.41) is 6.83. The number of nitrogens with zero attached hydrogens (tertiary/aromatic N) is 2. The molecule has 0 unspecified atom stereocenters. The molecule has 28 heavy (non-hydrogen) atoms. The molecule has 0 aliphatic rings. The number of hydrogen-bond donors (Lipinski definition) is 1. The molecule has 7 heteroatoms. The molecule has 3 aromatic heterocycles. The molecule has 0 radical (unpaired) electrons. The van der Waals surface area contributed by atoms with Crippen LogP contribution in [0.4, 0.5) is 10.5 Å². The number of hydrogen-bond acceptors (Lipinski definition) is 6. The van der Waals surface area contributed by atoms with E-state index >= 15 is 0 Å². The molecule has 4 aromatic rings. The number of ether oxygens (including phenoxy) is 1. The van der Waals surface area contributed by atoms with Crippen LogP contribution in [0.25, 0.3) is 32.2 Å². The quantitative estimate of drug-likeness (QED) is 0.372. The van der Waals surface area contributed by atoms with E-state index in [0.717, 1.165) is 45.0 Å². The van der Waals surface area contributed by atoms with Gasteiger partial charge in [-0.25, -0.2) is 14.8 Å². The summed E-state index contributed by atoms with van der Waals surface area (Å²) >= 11 is 3.28. The highest BCUT2D eigenvalue weighted by Crippen LogP contribution is 2.35. The number of amides is 1. The Morgan fingerprint density at radius 3 is 2.29 bits per heavy atom. The van der Waals surface area contributed by atoms with Gasteiger partial charge in [0.05, 0.1) is 27.4 Å². The number of benzene rings is 1. The van der Waals surface area contributed by atoms with Gasteiger partial charge in [-0.15, -0.1) is 22.7 Å². The van der Waals surface area contributed by atoms with Crippen LogP contribution in [0.3, 0.4) is 0 Å². The molecule has 3 heterocycles. The molecular formula is C21H19N3O2S2. The SMILES string of the molecule is CCCCOC(=O)Nc1ccc2nc(-c3cccs3)c(-c3cccs3)nc2c1. The number of nitrogens with one attached hydrogen (secondary N) is 1. The summed E-state index contributed by atoms with van der Waals surface area (Å²) in [5.74, 6) is 0. The summed E-state index contributed by atoms with van der Waals surface area (Å²) in [6, 6.07) is 13.7. The summed E-state index contributed by atoms with van der Waals surface area (Å²) < 4.78 is 5.17. The number of anilines is 1. The van der Waals surface area contributed by atoms with E-state index in [-0.39, 0.29) is 0 Å².